The van der Waals surface area contributed by atoms with E-state index in [-0.39, 0.29) is 6.10 Å². The van der Waals surface area contributed by atoms with Crippen molar-refractivity contribution in [2.24, 2.45) is 0 Å². The molecule has 4 atom stereocenters. The first-order chi connectivity index (χ1) is 8.79. The van der Waals surface area contributed by atoms with Gasteiger partial charge in [0.25, 0.3) is 0 Å². The van der Waals surface area contributed by atoms with Gasteiger partial charge in [-0.05, 0) is 6.92 Å². The first kappa shape index (κ1) is 15.4. The standard InChI is InChI=1S/C12H18O7/c1-6-5-10(17-7(2)13)11(18-8(3)14)12(16-6)19-9(4)15/h6,10-12H,5H2,1-4H3/t6-,10+,11-,12-/m1/s1. The summed E-state index contributed by atoms with van der Waals surface area (Å²) in [5.74, 6) is -1.65. The van der Waals surface area contributed by atoms with Crippen molar-refractivity contribution in [2.45, 2.75) is 58.7 Å². The van der Waals surface area contributed by atoms with Gasteiger partial charge in [-0.1, -0.05) is 0 Å². The number of rotatable bonds is 3. The van der Waals surface area contributed by atoms with Crippen LogP contribution in [0.2, 0.25) is 0 Å². The summed E-state index contributed by atoms with van der Waals surface area (Å²) < 4.78 is 20.5. The zero-order valence-electron chi connectivity index (χ0n) is 11.4. The number of ether oxygens (including phenoxy) is 4. The average Bonchev–Trinajstić information content (AvgIpc) is 2.20. The molecule has 7 nitrogen and oxygen atoms in total. The van der Waals surface area contributed by atoms with Crippen LogP contribution in [0.15, 0.2) is 0 Å². The Kier molecular flexibility index (Phi) is 5.29. The van der Waals surface area contributed by atoms with Gasteiger partial charge in [0, 0.05) is 27.2 Å². The Morgan fingerprint density at radius 2 is 1.47 bits per heavy atom. The molecular formula is C12H18O7. The minimum absolute atomic E-state index is 0.291. The lowest BCUT2D eigenvalue weighted by molar-refractivity contribution is -0.264. The van der Waals surface area contributed by atoms with Crippen molar-refractivity contribution in [1.82, 2.24) is 0 Å². The lowest BCUT2D eigenvalue weighted by atomic mass is 10.0. The molecule has 1 aliphatic rings. The lowest BCUT2D eigenvalue weighted by Crippen LogP contribution is -2.52. The van der Waals surface area contributed by atoms with E-state index in [1.807, 2.05) is 0 Å². The number of esters is 3. The van der Waals surface area contributed by atoms with E-state index in [1.54, 1.807) is 6.92 Å². The Labute approximate surface area is 111 Å². The number of hydrogen-bond acceptors (Lipinski definition) is 7. The van der Waals surface area contributed by atoms with E-state index in [0.29, 0.717) is 6.42 Å². The monoisotopic (exact) mass is 274 g/mol. The highest BCUT2D eigenvalue weighted by atomic mass is 16.7. The predicted octanol–water partition coefficient (Wildman–Crippen LogP) is 0.548. The third-order valence-electron chi connectivity index (χ3n) is 2.47. The van der Waals surface area contributed by atoms with Gasteiger partial charge in [0.2, 0.25) is 12.4 Å². The fourth-order valence-electron chi connectivity index (χ4n) is 1.91. The smallest absolute Gasteiger partial charge is 0.305 e. The maximum absolute atomic E-state index is 11.1. The van der Waals surface area contributed by atoms with Gasteiger partial charge < -0.3 is 18.9 Å². The number of carbonyl (C=O) groups is 3. The molecule has 0 amide bonds. The fourth-order valence-corrected chi connectivity index (χ4v) is 1.91. The van der Waals surface area contributed by atoms with Crippen molar-refractivity contribution < 1.29 is 33.3 Å². The van der Waals surface area contributed by atoms with E-state index < -0.39 is 36.4 Å². The number of hydrogen-bond donors (Lipinski definition) is 0. The summed E-state index contributed by atoms with van der Waals surface area (Å²) in [7, 11) is 0. The van der Waals surface area contributed by atoms with E-state index in [4.69, 9.17) is 18.9 Å². The van der Waals surface area contributed by atoms with Gasteiger partial charge in [0.1, 0.15) is 6.10 Å². The summed E-state index contributed by atoms with van der Waals surface area (Å²) in [6, 6.07) is 0. The molecule has 0 aromatic carbocycles. The summed E-state index contributed by atoms with van der Waals surface area (Å²) >= 11 is 0. The van der Waals surface area contributed by atoms with Crippen molar-refractivity contribution in [3.63, 3.8) is 0 Å². The summed E-state index contributed by atoms with van der Waals surface area (Å²) in [5.41, 5.74) is 0. The van der Waals surface area contributed by atoms with Gasteiger partial charge in [-0.15, -0.1) is 0 Å². The maximum Gasteiger partial charge on any atom is 0.305 e. The van der Waals surface area contributed by atoms with E-state index in [9.17, 15) is 14.4 Å². The van der Waals surface area contributed by atoms with Crippen LogP contribution in [0.1, 0.15) is 34.1 Å². The van der Waals surface area contributed by atoms with E-state index >= 15 is 0 Å². The third kappa shape index (κ3) is 4.86. The van der Waals surface area contributed by atoms with Crippen molar-refractivity contribution in [2.75, 3.05) is 0 Å². The molecular weight excluding hydrogens is 256 g/mol. The zero-order chi connectivity index (χ0) is 14.6. The molecule has 0 aromatic rings. The van der Waals surface area contributed by atoms with E-state index in [1.165, 1.54) is 20.8 Å². The van der Waals surface area contributed by atoms with Crippen LogP contribution >= 0.6 is 0 Å². The molecule has 1 heterocycles. The van der Waals surface area contributed by atoms with Crippen molar-refractivity contribution in [3.05, 3.63) is 0 Å². The maximum atomic E-state index is 11.1. The minimum Gasteiger partial charge on any atom is -0.458 e. The molecule has 0 aromatic heterocycles. The van der Waals surface area contributed by atoms with Gasteiger partial charge in [-0.3, -0.25) is 14.4 Å². The minimum atomic E-state index is -1.07. The van der Waals surface area contributed by atoms with Crippen molar-refractivity contribution in [3.8, 4) is 0 Å². The third-order valence-corrected chi connectivity index (χ3v) is 2.47. The number of carbonyl (C=O) groups excluding carboxylic acids is 3. The summed E-state index contributed by atoms with van der Waals surface area (Å²) in [4.78, 5) is 33.2. The molecule has 0 bridgehead atoms. The van der Waals surface area contributed by atoms with Crippen LogP contribution in [0.4, 0.5) is 0 Å². The molecule has 1 saturated heterocycles. The molecule has 19 heavy (non-hydrogen) atoms. The first-order valence-corrected chi connectivity index (χ1v) is 5.96. The van der Waals surface area contributed by atoms with Crippen LogP contribution in [0.5, 0.6) is 0 Å². The Bertz CT molecular complexity index is 339. The van der Waals surface area contributed by atoms with Gasteiger partial charge in [-0.2, -0.15) is 0 Å². The summed E-state index contributed by atoms with van der Waals surface area (Å²) in [5, 5.41) is 0. The molecule has 0 N–H and O–H groups in total. The normalized spacial score (nSPS) is 30.3. The van der Waals surface area contributed by atoms with Gasteiger partial charge in [0.15, 0.2) is 0 Å². The van der Waals surface area contributed by atoms with E-state index in [2.05, 4.69) is 0 Å². The molecule has 0 unspecified atom stereocenters. The molecule has 108 valence electrons. The molecule has 1 aliphatic heterocycles. The highest BCUT2D eigenvalue weighted by Crippen LogP contribution is 2.26. The highest BCUT2D eigenvalue weighted by molar-refractivity contribution is 5.68. The molecule has 7 heteroatoms. The fraction of sp³-hybridized carbons (Fsp3) is 0.750. The van der Waals surface area contributed by atoms with Crippen molar-refractivity contribution in [1.29, 1.82) is 0 Å². The SMILES string of the molecule is CC(=O)O[C@H]1O[C@H](C)C[C@H](OC(C)=O)[C@H]1OC(C)=O. The molecule has 1 fully saturated rings. The quantitative estimate of drug-likeness (QED) is 0.548. The second kappa shape index (κ2) is 6.51. The van der Waals surface area contributed by atoms with Gasteiger partial charge in [-0.25, -0.2) is 0 Å². The Morgan fingerprint density at radius 3 is 1.95 bits per heavy atom. The van der Waals surface area contributed by atoms with Crippen LogP contribution in [-0.2, 0) is 33.3 Å². The highest BCUT2D eigenvalue weighted by Gasteiger charge is 2.43. The second-order valence-electron chi connectivity index (χ2n) is 4.38. The molecule has 0 saturated carbocycles. The largest absolute Gasteiger partial charge is 0.458 e. The predicted molar refractivity (Wildman–Crippen MR) is 61.8 cm³/mol. The molecule has 0 spiro atoms. The van der Waals surface area contributed by atoms with Crippen LogP contribution in [0, 0.1) is 0 Å². The summed E-state index contributed by atoms with van der Waals surface area (Å²) in [6.07, 6.45) is -2.67. The van der Waals surface area contributed by atoms with Gasteiger partial charge in [0.05, 0.1) is 6.10 Å². The van der Waals surface area contributed by atoms with Crippen LogP contribution < -0.4 is 0 Å². The van der Waals surface area contributed by atoms with Crippen LogP contribution in [0.25, 0.3) is 0 Å². The summed E-state index contributed by atoms with van der Waals surface area (Å²) in [6.45, 7) is 5.44. The Hall–Kier alpha value is -1.63. The zero-order valence-corrected chi connectivity index (χ0v) is 11.4. The molecule has 0 aliphatic carbocycles. The van der Waals surface area contributed by atoms with Crippen LogP contribution in [0.3, 0.4) is 0 Å². The first-order valence-electron chi connectivity index (χ1n) is 5.96. The average molecular weight is 274 g/mol. The molecule has 1 rings (SSSR count). The van der Waals surface area contributed by atoms with Crippen molar-refractivity contribution >= 4 is 17.9 Å². The van der Waals surface area contributed by atoms with E-state index in [0.717, 1.165) is 0 Å². The lowest BCUT2D eigenvalue weighted by Gasteiger charge is -2.38. The topological polar surface area (TPSA) is 88.1 Å². The molecule has 0 radical (unpaired) electrons. The van der Waals surface area contributed by atoms with Gasteiger partial charge >= 0.3 is 17.9 Å². The Morgan fingerprint density at radius 1 is 0.947 bits per heavy atom. The van der Waals surface area contributed by atoms with Crippen LogP contribution in [-0.4, -0.2) is 42.5 Å². The Balaban J connectivity index is 2.87. The second-order valence-corrected chi connectivity index (χ2v) is 4.38.